The van der Waals surface area contributed by atoms with Crippen molar-refractivity contribution in [3.05, 3.63) is 47.0 Å². The highest BCUT2D eigenvalue weighted by Crippen LogP contribution is 2.14. The molecular formula is C16H19N5. The van der Waals surface area contributed by atoms with E-state index in [1.807, 2.05) is 24.3 Å². The van der Waals surface area contributed by atoms with Crippen LogP contribution in [0.4, 0.5) is 0 Å². The summed E-state index contributed by atoms with van der Waals surface area (Å²) in [5.41, 5.74) is 1.87. The van der Waals surface area contributed by atoms with Crippen LogP contribution in [0.1, 0.15) is 42.0 Å². The number of hydrogen-bond acceptors (Lipinski definition) is 4. The van der Waals surface area contributed by atoms with Crippen molar-refractivity contribution in [2.45, 2.75) is 45.3 Å². The molecule has 2 heterocycles. The van der Waals surface area contributed by atoms with Crippen LogP contribution in [0.25, 0.3) is 0 Å². The van der Waals surface area contributed by atoms with Crippen molar-refractivity contribution in [1.82, 2.24) is 20.1 Å². The normalized spacial score (nSPS) is 14.2. The first kappa shape index (κ1) is 13.8. The molecule has 2 aromatic rings. The number of nitrogens with one attached hydrogen (secondary N) is 1. The van der Waals surface area contributed by atoms with Crippen LogP contribution in [0, 0.1) is 11.3 Å². The van der Waals surface area contributed by atoms with E-state index in [1.165, 1.54) is 24.8 Å². The highest BCUT2D eigenvalue weighted by molar-refractivity contribution is 5.31. The summed E-state index contributed by atoms with van der Waals surface area (Å²) in [6.07, 6.45) is 4.76. The zero-order valence-electron chi connectivity index (χ0n) is 12.0. The van der Waals surface area contributed by atoms with Crippen molar-refractivity contribution >= 4 is 0 Å². The van der Waals surface area contributed by atoms with Gasteiger partial charge in [0.15, 0.2) is 0 Å². The Kier molecular flexibility index (Phi) is 4.27. The summed E-state index contributed by atoms with van der Waals surface area (Å²) in [4.78, 5) is 0. The minimum Gasteiger partial charge on any atom is -0.314 e. The molecule has 0 fully saturated rings. The van der Waals surface area contributed by atoms with Crippen LogP contribution in [-0.2, 0) is 26.1 Å². The highest BCUT2D eigenvalue weighted by Gasteiger charge is 2.13. The van der Waals surface area contributed by atoms with E-state index >= 15 is 0 Å². The predicted molar refractivity (Wildman–Crippen MR) is 79.3 cm³/mol. The van der Waals surface area contributed by atoms with Gasteiger partial charge in [0.05, 0.1) is 18.2 Å². The van der Waals surface area contributed by atoms with Gasteiger partial charge < -0.3 is 9.88 Å². The third-order valence-corrected chi connectivity index (χ3v) is 3.88. The fourth-order valence-corrected chi connectivity index (χ4v) is 2.69. The molecule has 0 spiro atoms. The van der Waals surface area contributed by atoms with Crippen LogP contribution in [-0.4, -0.2) is 14.8 Å². The quantitative estimate of drug-likeness (QED) is 0.932. The number of hydrogen-bond donors (Lipinski definition) is 1. The monoisotopic (exact) mass is 281 g/mol. The van der Waals surface area contributed by atoms with Gasteiger partial charge in [-0.1, -0.05) is 18.6 Å². The van der Waals surface area contributed by atoms with Crippen LogP contribution >= 0.6 is 0 Å². The van der Waals surface area contributed by atoms with Crippen molar-refractivity contribution in [3.8, 4) is 6.07 Å². The molecule has 1 N–H and O–H groups in total. The molecule has 1 aliphatic heterocycles. The number of fused-ring (bicyclic) bond motifs is 1. The van der Waals surface area contributed by atoms with Crippen LogP contribution in [0.5, 0.6) is 0 Å². The summed E-state index contributed by atoms with van der Waals surface area (Å²) in [7, 11) is 0. The molecule has 1 aliphatic rings. The largest absolute Gasteiger partial charge is 0.314 e. The van der Waals surface area contributed by atoms with Crippen molar-refractivity contribution < 1.29 is 0 Å². The molecule has 5 nitrogen and oxygen atoms in total. The van der Waals surface area contributed by atoms with Gasteiger partial charge in [0.2, 0.25) is 0 Å². The first-order valence-electron chi connectivity index (χ1n) is 7.47. The summed E-state index contributed by atoms with van der Waals surface area (Å²) >= 11 is 0. The summed E-state index contributed by atoms with van der Waals surface area (Å²) < 4.78 is 2.26. The van der Waals surface area contributed by atoms with Gasteiger partial charge in [-0.15, -0.1) is 10.2 Å². The maximum absolute atomic E-state index is 8.78. The molecule has 0 atom stereocenters. The molecule has 3 rings (SSSR count). The minimum absolute atomic E-state index is 0.696. The number of nitriles is 1. The average Bonchev–Trinajstić information content (AvgIpc) is 2.76. The van der Waals surface area contributed by atoms with Crippen molar-refractivity contribution in [2.24, 2.45) is 0 Å². The summed E-state index contributed by atoms with van der Waals surface area (Å²) in [6.45, 7) is 2.54. The fraction of sp³-hybridized carbons (Fsp3) is 0.438. The van der Waals surface area contributed by atoms with E-state index in [-0.39, 0.29) is 0 Å². The second-order valence-electron chi connectivity index (χ2n) is 5.41. The molecule has 0 saturated heterocycles. The third-order valence-electron chi connectivity index (χ3n) is 3.88. The minimum atomic E-state index is 0.696. The van der Waals surface area contributed by atoms with Gasteiger partial charge in [-0.05, 0) is 30.5 Å². The molecule has 0 radical (unpaired) electrons. The Morgan fingerprint density at radius 2 is 1.95 bits per heavy atom. The van der Waals surface area contributed by atoms with Gasteiger partial charge in [0.1, 0.15) is 11.6 Å². The SMILES string of the molecule is N#Cc1ccc(CNCc2nnc3n2CCCCC3)cc1. The molecule has 0 saturated carbocycles. The van der Waals surface area contributed by atoms with Crippen LogP contribution in [0.2, 0.25) is 0 Å². The lowest BCUT2D eigenvalue weighted by Crippen LogP contribution is -2.17. The van der Waals surface area contributed by atoms with E-state index in [0.717, 1.165) is 37.7 Å². The topological polar surface area (TPSA) is 66.5 Å². The van der Waals surface area contributed by atoms with E-state index in [0.29, 0.717) is 5.56 Å². The zero-order chi connectivity index (χ0) is 14.5. The average molecular weight is 281 g/mol. The molecule has 5 heteroatoms. The molecule has 1 aromatic heterocycles. The Bertz CT molecular complexity index is 636. The number of benzene rings is 1. The van der Waals surface area contributed by atoms with Gasteiger partial charge in [-0.25, -0.2) is 0 Å². The second kappa shape index (κ2) is 6.51. The number of aromatic nitrogens is 3. The van der Waals surface area contributed by atoms with Crippen LogP contribution in [0.15, 0.2) is 24.3 Å². The molecule has 1 aromatic carbocycles. The first-order chi connectivity index (χ1) is 10.4. The smallest absolute Gasteiger partial charge is 0.147 e. The Labute approximate surface area is 124 Å². The summed E-state index contributed by atoms with van der Waals surface area (Å²) in [5, 5.41) is 20.8. The molecule has 0 unspecified atom stereocenters. The van der Waals surface area contributed by atoms with Gasteiger partial charge in [-0.2, -0.15) is 5.26 Å². The third kappa shape index (κ3) is 3.29. The van der Waals surface area contributed by atoms with E-state index in [2.05, 4.69) is 26.2 Å². The molecule has 0 aliphatic carbocycles. The zero-order valence-corrected chi connectivity index (χ0v) is 12.0. The van der Waals surface area contributed by atoms with Crippen LogP contribution in [0.3, 0.4) is 0 Å². The maximum atomic E-state index is 8.78. The van der Waals surface area contributed by atoms with Gasteiger partial charge in [0.25, 0.3) is 0 Å². The number of nitrogens with zero attached hydrogens (tertiary/aromatic N) is 4. The Hall–Kier alpha value is -2.19. The molecule has 21 heavy (non-hydrogen) atoms. The molecule has 108 valence electrons. The number of aryl methyl sites for hydroxylation is 1. The number of rotatable bonds is 4. The fourth-order valence-electron chi connectivity index (χ4n) is 2.69. The van der Waals surface area contributed by atoms with Gasteiger partial charge in [-0.3, -0.25) is 0 Å². The van der Waals surface area contributed by atoms with E-state index < -0.39 is 0 Å². The highest BCUT2D eigenvalue weighted by atomic mass is 15.3. The summed E-state index contributed by atoms with van der Waals surface area (Å²) in [5.74, 6) is 2.16. The van der Waals surface area contributed by atoms with Crippen molar-refractivity contribution in [3.63, 3.8) is 0 Å². The lowest BCUT2D eigenvalue weighted by Gasteiger charge is -2.08. The maximum Gasteiger partial charge on any atom is 0.147 e. The van der Waals surface area contributed by atoms with Crippen molar-refractivity contribution in [1.29, 1.82) is 5.26 Å². The van der Waals surface area contributed by atoms with Gasteiger partial charge in [0, 0.05) is 19.5 Å². The van der Waals surface area contributed by atoms with E-state index in [9.17, 15) is 0 Å². The Morgan fingerprint density at radius 3 is 2.76 bits per heavy atom. The lowest BCUT2D eigenvalue weighted by atomic mass is 10.1. The standard InChI is InChI=1S/C16H19N5/c17-10-13-5-7-14(8-6-13)11-18-12-16-20-19-15-4-2-1-3-9-21(15)16/h5-8,18H,1-4,9,11-12H2. The van der Waals surface area contributed by atoms with Crippen molar-refractivity contribution in [2.75, 3.05) is 0 Å². The van der Waals surface area contributed by atoms with Gasteiger partial charge >= 0.3 is 0 Å². The molecule has 0 amide bonds. The second-order valence-corrected chi connectivity index (χ2v) is 5.41. The van der Waals surface area contributed by atoms with E-state index in [1.54, 1.807) is 0 Å². The Balaban J connectivity index is 1.58. The lowest BCUT2D eigenvalue weighted by molar-refractivity contribution is 0.572. The predicted octanol–water partition coefficient (Wildman–Crippen LogP) is 2.17. The molecular weight excluding hydrogens is 262 g/mol. The van der Waals surface area contributed by atoms with Crippen LogP contribution < -0.4 is 5.32 Å². The van der Waals surface area contributed by atoms with E-state index in [4.69, 9.17) is 5.26 Å². The first-order valence-corrected chi connectivity index (χ1v) is 7.47. The Morgan fingerprint density at radius 1 is 1.10 bits per heavy atom. The summed E-state index contributed by atoms with van der Waals surface area (Å²) in [6, 6.07) is 9.79. The molecule has 0 bridgehead atoms.